The molecule has 1 N–H and O–H groups in total. The third kappa shape index (κ3) is 6.29. The highest BCUT2D eigenvalue weighted by Crippen LogP contribution is 2.16. The van der Waals surface area contributed by atoms with Crippen LogP contribution in [0.4, 0.5) is 0 Å². The fourth-order valence-electron chi connectivity index (χ4n) is 2.76. The number of ether oxygens (including phenoxy) is 1. The number of aromatic nitrogens is 1. The molecule has 0 aliphatic carbocycles. The molecule has 6 heteroatoms. The van der Waals surface area contributed by atoms with Crippen molar-refractivity contribution in [3.8, 4) is 5.75 Å². The summed E-state index contributed by atoms with van der Waals surface area (Å²) in [5.74, 6) is 0.904. The Morgan fingerprint density at radius 2 is 1.96 bits per heavy atom. The van der Waals surface area contributed by atoms with Crippen LogP contribution < -0.4 is 10.1 Å². The smallest absolute Gasteiger partial charge is 0.119 e. The zero-order valence-electron chi connectivity index (χ0n) is 13.9. The van der Waals surface area contributed by atoms with Crippen molar-refractivity contribution in [2.45, 2.75) is 26.1 Å². The van der Waals surface area contributed by atoms with E-state index in [4.69, 9.17) is 4.74 Å². The van der Waals surface area contributed by atoms with Crippen LogP contribution in [0.25, 0.3) is 0 Å². The van der Waals surface area contributed by atoms with E-state index in [-0.39, 0.29) is 24.8 Å². The van der Waals surface area contributed by atoms with Gasteiger partial charge in [-0.15, -0.1) is 24.8 Å². The van der Waals surface area contributed by atoms with Crippen LogP contribution in [0.2, 0.25) is 0 Å². The summed E-state index contributed by atoms with van der Waals surface area (Å²) in [7, 11) is 0. The predicted octanol–water partition coefficient (Wildman–Crippen LogP) is 3.30. The maximum atomic E-state index is 5.79. The third-order valence-electron chi connectivity index (χ3n) is 3.91. The number of rotatable bonds is 5. The summed E-state index contributed by atoms with van der Waals surface area (Å²) in [6.07, 6.45) is 3.61. The number of hydrogen-bond acceptors (Lipinski definition) is 4. The largest absolute Gasteiger partial charge is 0.489 e. The number of piperazine rings is 1. The molecule has 0 saturated carbocycles. The van der Waals surface area contributed by atoms with Gasteiger partial charge in [-0.2, -0.15) is 0 Å². The predicted molar refractivity (Wildman–Crippen MR) is 102 cm³/mol. The highest BCUT2D eigenvalue weighted by molar-refractivity contribution is 5.85. The Balaban J connectivity index is 0.00000144. The molecule has 1 fully saturated rings. The van der Waals surface area contributed by atoms with Crippen molar-refractivity contribution in [1.29, 1.82) is 0 Å². The van der Waals surface area contributed by atoms with Gasteiger partial charge in [0, 0.05) is 50.2 Å². The molecule has 0 bridgehead atoms. The molecule has 2 aromatic rings. The van der Waals surface area contributed by atoms with Gasteiger partial charge in [-0.1, -0.05) is 18.2 Å². The molecule has 1 aliphatic heterocycles. The van der Waals surface area contributed by atoms with Crippen LogP contribution in [0.5, 0.6) is 5.75 Å². The normalized spacial score (nSPS) is 17.5. The Hall–Kier alpha value is -1.33. The van der Waals surface area contributed by atoms with E-state index in [1.807, 2.05) is 18.3 Å². The summed E-state index contributed by atoms with van der Waals surface area (Å²) in [4.78, 5) is 6.58. The van der Waals surface area contributed by atoms with E-state index in [2.05, 4.69) is 46.4 Å². The fourth-order valence-corrected chi connectivity index (χ4v) is 2.76. The Kier molecular flexibility index (Phi) is 9.08. The average Bonchev–Trinajstić information content (AvgIpc) is 2.55. The number of nitrogens with one attached hydrogen (secondary N) is 1. The first-order valence-electron chi connectivity index (χ1n) is 7.86. The van der Waals surface area contributed by atoms with Crippen molar-refractivity contribution in [1.82, 2.24) is 15.2 Å². The van der Waals surface area contributed by atoms with Gasteiger partial charge in [-0.25, -0.2) is 0 Å². The van der Waals surface area contributed by atoms with Gasteiger partial charge >= 0.3 is 0 Å². The standard InChI is InChI=1S/C18H23N3O.2ClH/c1-15-12-21(10-9-20-15)13-16-4-6-18(7-5-16)22-14-17-3-2-8-19-11-17;;/h2-8,11,15,20H,9-10,12-14H2,1H3;2*1H. The van der Waals surface area contributed by atoms with Gasteiger partial charge in [0.2, 0.25) is 0 Å². The topological polar surface area (TPSA) is 37.4 Å². The number of nitrogens with zero attached hydrogens (tertiary/aromatic N) is 2. The van der Waals surface area contributed by atoms with Crippen molar-refractivity contribution >= 4 is 24.8 Å². The molecule has 4 nitrogen and oxygen atoms in total. The Bertz CT molecular complexity index is 581. The van der Waals surface area contributed by atoms with E-state index < -0.39 is 0 Å². The second-order valence-electron chi connectivity index (χ2n) is 5.88. The average molecular weight is 370 g/mol. The van der Waals surface area contributed by atoms with Crippen molar-refractivity contribution < 1.29 is 4.74 Å². The Morgan fingerprint density at radius 1 is 1.17 bits per heavy atom. The number of benzene rings is 1. The molecule has 1 aromatic carbocycles. The SMILES string of the molecule is CC1CN(Cc2ccc(OCc3cccnc3)cc2)CCN1.Cl.Cl. The van der Waals surface area contributed by atoms with E-state index >= 15 is 0 Å². The fraction of sp³-hybridized carbons (Fsp3) is 0.389. The van der Waals surface area contributed by atoms with Gasteiger partial charge in [-0.3, -0.25) is 9.88 Å². The quantitative estimate of drug-likeness (QED) is 0.877. The lowest BCUT2D eigenvalue weighted by atomic mass is 10.1. The van der Waals surface area contributed by atoms with Crippen LogP contribution in [0.1, 0.15) is 18.1 Å². The van der Waals surface area contributed by atoms with E-state index in [1.165, 1.54) is 5.56 Å². The highest BCUT2D eigenvalue weighted by atomic mass is 35.5. The Morgan fingerprint density at radius 3 is 2.62 bits per heavy atom. The molecular weight excluding hydrogens is 345 g/mol. The third-order valence-corrected chi connectivity index (χ3v) is 3.91. The minimum atomic E-state index is 0. The maximum absolute atomic E-state index is 5.79. The number of hydrogen-bond donors (Lipinski definition) is 1. The summed E-state index contributed by atoms with van der Waals surface area (Å²) >= 11 is 0. The molecule has 1 unspecified atom stereocenters. The molecule has 0 amide bonds. The number of pyridine rings is 1. The summed E-state index contributed by atoms with van der Waals surface area (Å²) in [5.41, 5.74) is 2.42. The lowest BCUT2D eigenvalue weighted by Gasteiger charge is -2.31. The molecule has 3 rings (SSSR count). The van der Waals surface area contributed by atoms with Gasteiger partial charge < -0.3 is 10.1 Å². The lowest BCUT2D eigenvalue weighted by Crippen LogP contribution is -2.48. The van der Waals surface area contributed by atoms with Crippen molar-refractivity contribution in [3.63, 3.8) is 0 Å². The summed E-state index contributed by atoms with van der Waals surface area (Å²) in [5, 5.41) is 3.47. The molecule has 0 radical (unpaired) electrons. The van der Waals surface area contributed by atoms with Crippen LogP contribution >= 0.6 is 24.8 Å². The van der Waals surface area contributed by atoms with Gasteiger partial charge in [0.05, 0.1) is 0 Å². The monoisotopic (exact) mass is 369 g/mol. The Labute approximate surface area is 156 Å². The van der Waals surface area contributed by atoms with Crippen molar-refractivity contribution in [2.24, 2.45) is 0 Å². The summed E-state index contributed by atoms with van der Waals surface area (Å²) in [6.45, 7) is 7.11. The molecule has 1 aromatic heterocycles. The molecule has 132 valence electrons. The highest BCUT2D eigenvalue weighted by Gasteiger charge is 2.15. The van der Waals surface area contributed by atoms with E-state index in [0.29, 0.717) is 12.6 Å². The van der Waals surface area contributed by atoms with E-state index in [0.717, 1.165) is 37.5 Å². The molecule has 24 heavy (non-hydrogen) atoms. The lowest BCUT2D eigenvalue weighted by molar-refractivity contribution is 0.199. The van der Waals surface area contributed by atoms with Gasteiger partial charge in [0.15, 0.2) is 0 Å². The van der Waals surface area contributed by atoms with Crippen molar-refractivity contribution in [3.05, 3.63) is 59.9 Å². The molecule has 1 aliphatic rings. The molecule has 0 spiro atoms. The van der Waals surface area contributed by atoms with Gasteiger partial charge in [-0.05, 0) is 30.7 Å². The molecular formula is C18H25Cl2N3O. The minimum Gasteiger partial charge on any atom is -0.489 e. The van der Waals surface area contributed by atoms with Crippen LogP contribution in [-0.4, -0.2) is 35.6 Å². The van der Waals surface area contributed by atoms with Crippen LogP contribution in [0, 0.1) is 0 Å². The summed E-state index contributed by atoms with van der Waals surface area (Å²) < 4.78 is 5.79. The minimum absolute atomic E-state index is 0. The van der Waals surface area contributed by atoms with Gasteiger partial charge in [0.25, 0.3) is 0 Å². The molecule has 2 heterocycles. The molecule has 1 atom stereocenters. The second kappa shape index (κ2) is 10.5. The first-order valence-corrected chi connectivity index (χ1v) is 7.86. The summed E-state index contributed by atoms with van der Waals surface area (Å²) in [6, 6.07) is 12.9. The number of halogens is 2. The molecule has 1 saturated heterocycles. The van der Waals surface area contributed by atoms with Crippen LogP contribution in [-0.2, 0) is 13.2 Å². The van der Waals surface area contributed by atoms with Crippen LogP contribution in [0.3, 0.4) is 0 Å². The van der Waals surface area contributed by atoms with Gasteiger partial charge in [0.1, 0.15) is 12.4 Å². The van der Waals surface area contributed by atoms with Crippen molar-refractivity contribution in [2.75, 3.05) is 19.6 Å². The zero-order chi connectivity index (χ0) is 15.2. The van der Waals surface area contributed by atoms with E-state index in [9.17, 15) is 0 Å². The zero-order valence-corrected chi connectivity index (χ0v) is 15.5. The first kappa shape index (κ1) is 20.7. The van der Waals surface area contributed by atoms with E-state index in [1.54, 1.807) is 6.20 Å². The van der Waals surface area contributed by atoms with Crippen LogP contribution in [0.15, 0.2) is 48.8 Å². The first-order chi connectivity index (χ1) is 10.8. The maximum Gasteiger partial charge on any atom is 0.119 e. The second-order valence-corrected chi connectivity index (χ2v) is 5.88.